The average Bonchev–Trinajstić information content (AvgIpc) is 3.13. The van der Waals surface area contributed by atoms with E-state index < -0.39 is 0 Å². The molecule has 1 fully saturated rings. The number of carbonyl (C=O) groups is 1. The average molecular weight is 400 g/mol. The molecule has 0 radical (unpaired) electrons. The Labute approximate surface area is 167 Å². The van der Waals surface area contributed by atoms with E-state index in [1.165, 1.54) is 0 Å². The van der Waals surface area contributed by atoms with E-state index in [-0.39, 0.29) is 18.1 Å². The molecule has 0 unspecified atom stereocenters. The van der Waals surface area contributed by atoms with Crippen LogP contribution in [-0.4, -0.2) is 45.1 Å². The number of rotatable bonds is 4. The minimum absolute atomic E-state index is 0.132. The Morgan fingerprint density at radius 2 is 2.00 bits per heavy atom. The van der Waals surface area contributed by atoms with Crippen molar-refractivity contribution < 1.29 is 4.79 Å². The number of aromatic nitrogens is 4. The molecule has 2 amide bonds. The van der Waals surface area contributed by atoms with Gasteiger partial charge in [-0.3, -0.25) is 0 Å². The zero-order valence-electron chi connectivity index (χ0n) is 15.5. The molecule has 4 rings (SSSR count). The Hall–Kier alpha value is -2.87. The van der Waals surface area contributed by atoms with Gasteiger partial charge in [-0.05, 0) is 37.8 Å². The number of carbonyl (C=O) groups excluding carboxylic acids is 1. The molecular weight excluding hydrogens is 378 g/mol. The number of hydrogen-bond acceptors (Lipinski definition) is 5. The third-order valence-electron chi connectivity index (χ3n) is 5.04. The first-order chi connectivity index (χ1) is 13.6. The lowest BCUT2D eigenvalue weighted by Gasteiger charge is -2.29. The first kappa shape index (κ1) is 18.5. The van der Waals surface area contributed by atoms with Crippen LogP contribution in [-0.2, 0) is 0 Å². The summed E-state index contributed by atoms with van der Waals surface area (Å²) >= 11 is 6.26. The maximum absolute atomic E-state index is 11.5. The molecule has 0 bridgehead atoms. The Balaban J connectivity index is 1.47. The van der Waals surface area contributed by atoms with Crippen molar-refractivity contribution in [3.05, 3.63) is 35.7 Å². The van der Waals surface area contributed by atoms with Crippen LogP contribution in [0.25, 0.3) is 22.3 Å². The predicted octanol–water partition coefficient (Wildman–Crippen LogP) is 3.33. The van der Waals surface area contributed by atoms with Crippen molar-refractivity contribution in [1.82, 2.24) is 30.6 Å². The van der Waals surface area contributed by atoms with Crippen molar-refractivity contribution in [1.29, 1.82) is 0 Å². The molecule has 4 N–H and O–H groups in total. The van der Waals surface area contributed by atoms with E-state index in [1.54, 1.807) is 19.3 Å². The molecule has 1 saturated carbocycles. The fourth-order valence-corrected chi connectivity index (χ4v) is 3.79. The van der Waals surface area contributed by atoms with Crippen molar-refractivity contribution in [3.63, 3.8) is 0 Å². The Bertz CT molecular complexity index is 981. The highest BCUT2D eigenvalue weighted by Gasteiger charge is 2.23. The minimum atomic E-state index is -0.132. The number of aromatic amines is 1. The van der Waals surface area contributed by atoms with Crippen LogP contribution in [0.5, 0.6) is 0 Å². The first-order valence-corrected chi connectivity index (χ1v) is 9.72. The molecule has 0 atom stereocenters. The number of amides is 2. The number of nitrogens with zero attached hydrogens (tertiary/aromatic N) is 3. The largest absolute Gasteiger partial charge is 0.351 e. The van der Waals surface area contributed by atoms with Crippen LogP contribution in [0.3, 0.4) is 0 Å². The molecule has 0 spiro atoms. The van der Waals surface area contributed by atoms with Crippen molar-refractivity contribution >= 4 is 34.6 Å². The van der Waals surface area contributed by atoms with Gasteiger partial charge in [0.1, 0.15) is 10.8 Å². The Kier molecular flexibility index (Phi) is 5.29. The smallest absolute Gasteiger partial charge is 0.314 e. The lowest BCUT2D eigenvalue weighted by atomic mass is 9.91. The molecule has 8 nitrogen and oxygen atoms in total. The predicted molar refractivity (Wildman–Crippen MR) is 109 cm³/mol. The first-order valence-electron chi connectivity index (χ1n) is 9.34. The number of pyridine rings is 1. The Morgan fingerprint density at radius 3 is 2.79 bits per heavy atom. The van der Waals surface area contributed by atoms with Crippen molar-refractivity contribution in [2.45, 2.75) is 37.8 Å². The fraction of sp³-hybridized carbons (Fsp3) is 0.368. The van der Waals surface area contributed by atoms with Gasteiger partial charge >= 0.3 is 6.03 Å². The molecule has 3 heterocycles. The summed E-state index contributed by atoms with van der Waals surface area (Å²) in [5.74, 6) is 0.517. The molecule has 3 aromatic heterocycles. The summed E-state index contributed by atoms with van der Waals surface area (Å²) in [6.45, 7) is 0. The third kappa shape index (κ3) is 4.01. The van der Waals surface area contributed by atoms with Gasteiger partial charge in [-0.15, -0.1) is 0 Å². The SMILES string of the molecule is CNC(=O)N[C@H]1CC[C@H](Nc2nc(Cl)cc(-c3c[nH]c4ncccc34)n2)CC1. The van der Waals surface area contributed by atoms with Crippen molar-refractivity contribution in [2.75, 3.05) is 12.4 Å². The highest BCUT2D eigenvalue weighted by Crippen LogP contribution is 2.29. The number of hydrogen-bond donors (Lipinski definition) is 4. The number of H-pyrrole nitrogens is 1. The second-order valence-electron chi connectivity index (χ2n) is 6.92. The molecule has 0 saturated heterocycles. The molecule has 146 valence electrons. The van der Waals surface area contributed by atoms with Gasteiger partial charge in [-0.2, -0.15) is 0 Å². The van der Waals surface area contributed by atoms with Crippen molar-refractivity contribution in [3.8, 4) is 11.3 Å². The van der Waals surface area contributed by atoms with E-state index >= 15 is 0 Å². The van der Waals surface area contributed by atoms with Gasteiger partial charge in [-0.1, -0.05) is 11.6 Å². The number of nitrogens with one attached hydrogen (secondary N) is 4. The van der Waals surface area contributed by atoms with Crippen LogP contribution in [0, 0.1) is 0 Å². The highest BCUT2D eigenvalue weighted by molar-refractivity contribution is 6.29. The lowest BCUT2D eigenvalue weighted by molar-refractivity contribution is 0.234. The van der Waals surface area contributed by atoms with Gasteiger partial charge in [-0.25, -0.2) is 19.7 Å². The Morgan fingerprint density at radius 1 is 1.21 bits per heavy atom. The van der Waals surface area contributed by atoms with E-state index in [4.69, 9.17) is 11.6 Å². The van der Waals surface area contributed by atoms with Crippen LogP contribution in [0.15, 0.2) is 30.6 Å². The van der Waals surface area contributed by atoms with E-state index in [0.717, 1.165) is 48.0 Å². The van der Waals surface area contributed by atoms with E-state index in [1.807, 2.05) is 18.3 Å². The highest BCUT2D eigenvalue weighted by atomic mass is 35.5. The molecule has 1 aliphatic rings. The van der Waals surface area contributed by atoms with Crippen molar-refractivity contribution in [2.24, 2.45) is 0 Å². The third-order valence-corrected chi connectivity index (χ3v) is 5.24. The maximum atomic E-state index is 11.5. The van der Waals surface area contributed by atoms with Crippen LogP contribution in [0.2, 0.25) is 5.15 Å². The van der Waals surface area contributed by atoms with Gasteiger partial charge in [0.2, 0.25) is 5.95 Å². The lowest BCUT2D eigenvalue weighted by Crippen LogP contribution is -2.43. The molecule has 9 heteroatoms. The van der Waals surface area contributed by atoms with Gasteiger partial charge < -0.3 is 20.9 Å². The monoisotopic (exact) mass is 399 g/mol. The summed E-state index contributed by atoms with van der Waals surface area (Å²) < 4.78 is 0. The second kappa shape index (κ2) is 8.02. The van der Waals surface area contributed by atoms with E-state index in [2.05, 4.69) is 35.9 Å². The molecule has 1 aliphatic carbocycles. The van der Waals surface area contributed by atoms with Crippen LogP contribution < -0.4 is 16.0 Å². The number of anilines is 1. The quantitative estimate of drug-likeness (QED) is 0.503. The second-order valence-corrected chi connectivity index (χ2v) is 7.31. The summed E-state index contributed by atoms with van der Waals surface area (Å²) in [6, 6.07) is 5.97. The van der Waals surface area contributed by atoms with E-state index in [0.29, 0.717) is 11.1 Å². The molecular formula is C19H22ClN7O. The maximum Gasteiger partial charge on any atom is 0.314 e. The fourth-order valence-electron chi connectivity index (χ4n) is 3.61. The topological polar surface area (TPSA) is 108 Å². The normalized spacial score (nSPS) is 19.4. The zero-order chi connectivity index (χ0) is 19.5. The summed E-state index contributed by atoms with van der Waals surface area (Å²) in [5, 5.41) is 10.3. The molecule has 28 heavy (non-hydrogen) atoms. The van der Waals surface area contributed by atoms with E-state index in [9.17, 15) is 4.79 Å². The van der Waals surface area contributed by atoms with Crippen LogP contribution >= 0.6 is 11.6 Å². The van der Waals surface area contributed by atoms with Crippen LogP contribution in [0.1, 0.15) is 25.7 Å². The van der Waals surface area contributed by atoms with Gasteiger partial charge in [0.15, 0.2) is 0 Å². The van der Waals surface area contributed by atoms with Gasteiger partial charge in [0, 0.05) is 48.5 Å². The zero-order valence-corrected chi connectivity index (χ0v) is 16.3. The summed E-state index contributed by atoms with van der Waals surface area (Å²) in [6.07, 6.45) is 7.31. The summed E-state index contributed by atoms with van der Waals surface area (Å²) in [7, 11) is 1.63. The number of urea groups is 1. The van der Waals surface area contributed by atoms with Gasteiger partial charge in [0.25, 0.3) is 0 Å². The van der Waals surface area contributed by atoms with Crippen LogP contribution in [0.4, 0.5) is 10.7 Å². The molecule has 3 aromatic rings. The summed E-state index contributed by atoms with van der Waals surface area (Å²) in [5.41, 5.74) is 2.49. The number of fused-ring (bicyclic) bond motifs is 1. The standard InChI is InChI=1S/C19H22ClN7O/c1-21-19(28)25-12-6-4-11(5-7-12)24-18-26-15(9-16(20)27-18)14-10-23-17-13(14)3-2-8-22-17/h2-3,8-12H,4-7H2,1H3,(H,22,23)(H2,21,25,28)(H,24,26,27)/t11-,12-. The minimum Gasteiger partial charge on any atom is -0.351 e. The molecule has 0 aromatic carbocycles. The summed E-state index contributed by atoms with van der Waals surface area (Å²) in [4.78, 5) is 27.9. The molecule has 0 aliphatic heterocycles. The van der Waals surface area contributed by atoms with Gasteiger partial charge in [0.05, 0.1) is 5.69 Å². The number of halogens is 1.